The van der Waals surface area contributed by atoms with E-state index in [0.29, 0.717) is 0 Å². The molecule has 588 valence electrons. The Kier molecular flexibility index (Phi) is 16.5. The van der Waals surface area contributed by atoms with Gasteiger partial charge in [-0.3, -0.25) is 0 Å². The molecule has 27 rings (SSSR count). The van der Waals surface area contributed by atoms with E-state index in [-0.39, 0.29) is 0 Å². The first-order valence-corrected chi connectivity index (χ1v) is 50.1. The van der Waals surface area contributed by atoms with Crippen LogP contribution in [0.3, 0.4) is 0 Å². The maximum absolute atomic E-state index is 2.55. The van der Waals surface area contributed by atoms with Crippen molar-refractivity contribution in [2.75, 3.05) is 0 Å². The lowest BCUT2D eigenvalue weighted by Gasteiger charge is -2.31. The second kappa shape index (κ2) is 28.2. The van der Waals surface area contributed by atoms with Crippen molar-refractivity contribution in [1.29, 1.82) is 0 Å². The van der Waals surface area contributed by atoms with E-state index >= 15 is 0 Å². The molecule has 1 unspecified atom stereocenters. The Morgan fingerprint density at radius 1 is 0.200 bits per heavy atom. The maximum Gasteiger partial charge on any atom is 0.180 e. The third kappa shape index (κ3) is 10.7. The third-order valence-corrected chi connectivity index (χ3v) is 39.3. The maximum atomic E-state index is 2.53. The molecule has 21 aromatic carbocycles. The molecular weight excluding hydrogens is 1560 g/mol. The highest BCUT2D eigenvalue weighted by Crippen LogP contribution is 2.56. The summed E-state index contributed by atoms with van der Waals surface area (Å²) in [6.45, 7) is 4.99. The highest BCUT2D eigenvalue weighted by atomic mass is 31.1. The van der Waals surface area contributed by atoms with Gasteiger partial charge in [0, 0.05) is 96.4 Å². The van der Waals surface area contributed by atoms with Gasteiger partial charge in [-0.05, 0) is 194 Å². The molecule has 0 saturated carbocycles. The molecule has 0 radical (unpaired) electrons. The Morgan fingerprint density at radius 2 is 0.496 bits per heavy atom. The molecule has 125 heavy (non-hydrogen) atoms. The second-order valence-corrected chi connectivity index (χ2v) is 45.2. The van der Waals surface area contributed by atoms with Crippen molar-refractivity contribution in [2.45, 2.75) is 13.1 Å². The molecule has 0 fully saturated rings. The topological polar surface area (TPSA) is 14.8 Å². The van der Waals surface area contributed by atoms with Crippen LogP contribution in [0.4, 0.5) is 0 Å². The predicted molar refractivity (Wildman–Crippen MR) is 546 cm³/mol. The van der Waals surface area contributed by atoms with Gasteiger partial charge >= 0.3 is 0 Å². The van der Waals surface area contributed by atoms with Crippen LogP contribution >= 0.6 is 7.53 Å². The molecule has 6 heterocycles. The molecule has 0 spiro atoms. The summed E-state index contributed by atoms with van der Waals surface area (Å²) in [5.41, 5.74) is 21.0. The number of hydrogen-bond acceptors (Lipinski definition) is 0. The quantitative estimate of drug-likeness (QED) is 0.116. The molecule has 3 nitrogen and oxygen atoms in total. The number of benzene rings is 21. The summed E-state index contributed by atoms with van der Waals surface area (Å²) in [5, 5.41) is 39.8. The van der Waals surface area contributed by atoms with Crippen molar-refractivity contribution >= 4 is 206 Å². The molecule has 2 aliphatic heterocycles. The van der Waals surface area contributed by atoms with E-state index < -0.39 is 23.7 Å². The van der Waals surface area contributed by atoms with Gasteiger partial charge in [-0.25, -0.2) is 0 Å². The van der Waals surface area contributed by atoms with Crippen LogP contribution in [0.5, 0.6) is 0 Å². The zero-order valence-electron chi connectivity index (χ0n) is 70.1. The summed E-state index contributed by atoms with van der Waals surface area (Å²) in [4.78, 5) is 0. The van der Waals surface area contributed by atoms with Crippen LogP contribution in [0.2, 0.25) is 13.1 Å². The van der Waals surface area contributed by atoms with Gasteiger partial charge in [0.1, 0.15) is 8.07 Å². The Hall–Kier alpha value is -14.7. The van der Waals surface area contributed by atoms with E-state index in [9.17, 15) is 0 Å². The molecule has 0 bridgehead atoms. The van der Waals surface area contributed by atoms with Crippen molar-refractivity contribution < 1.29 is 0 Å². The summed E-state index contributed by atoms with van der Waals surface area (Å²) in [6.07, 6.45) is 0. The van der Waals surface area contributed by atoms with Gasteiger partial charge in [0.25, 0.3) is 0 Å². The number of fused-ring (bicyclic) bond motifs is 33. The summed E-state index contributed by atoms with van der Waals surface area (Å²) in [7, 11) is 1.80. The average molecular weight is 1640 g/mol. The van der Waals surface area contributed by atoms with E-state index in [1.54, 1.807) is 10.4 Å². The van der Waals surface area contributed by atoms with Gasteiger partial charge in [0.15, 0.2) is 8.07 Å². The lowest BCUT2D eigenvalue weighted by molar-refractivity contribution is 1.02. The first kappa shape index (κ1) is 73.1. The van der Waals surface area contributed by atoms with Crippen molar-refractivity contribution in [3.8, 4) is 60.9 Å². The first-order valence-electron chi connectivity index (χ1n) is 43.7. The van der Waals surface area contributed by atoms with Crippen LogP contribution in [0.1, 0.15) is 0 Å². The minimum Gasteiger partial charge on any atom is -0.343 e. The van der Waals surface area contributed by atoms with Crippen LogP contribution in [-0.4, -0.2) is 29.8 Å². The standard InChI is InChI=1S/C45H31NSi.C39H26NP.C35H27NSi/c1-46-41-27-25-30(28-40(41)44-38-21-10-8-18-34(38)35-19-9-11-22-39(35)45(44)46)31-24-26-37-36-20-12-13-23-42(36)47(43(37)29-31,32-14-4-2-5-15-32)33-16-6-3-7-17-33;1-40-35-22-20-25(23-34(35)38-32-16-7-5-13-28(32)29-14-6-8-17-33(29)39(38)40)26-19-21-31-30-15-9-10-18-36(30)41(37(31)24-26)27-11-3-2-4-12-27;1-36-31-19-17-22(23-16-18-27-26-12-8-9-15-32(26)37(2,3)33(27)21-23)20-30(31)34-28-13-6-4-10-24(28)25-11-5-7-14-29(25)35(34)36/h2-29H,1H3;2-24H,1H3;4-21H,1-3H3. The van der Waals surface area contributed by atoms with Gasteiger partial charge in [-0.2, -0.15) is 0 Å². The van der Waals surface area contributed by atoms with Crippen LogP contribution in [0, 0.1) is 0 Å². The van der Waals surface area contributed by atoms with E-state index in [1.807, 2.05) is 0 Å². The van der Waals surface area contributed by atoms with Crippen LogP contribution in [0.15, 0.2) is 419 Å². The summed E-state index contributed by atoms with van der Waals surface area (Å²) in [5.74, 6) is 0. The fourth-order valence-electron chi connectivity index (χ4n) is 22.7. The monoisotopic (exact) mass is 1640 g/mol. The highest BCUT2D eigenvalue weighted by molar-refractivity contribution is 7.68. The van der Waals surface area contributed by atoms with Crippen LogP contribution in [0.25, 0.3) is 212 Å². The molecule has 0 aliphatic carbocycles. The molecule has 4 aromatic heterocycles. The lowest BCUT2D eigenvalue weighted by Crippen LogP contribution is -2.72. The Morgan fingerprint density at radius 3 is 0.944 bits per heavy atom. The van der Waals surface area contributed by atoms with Gasteiger partial charge in [-0.15, -0.1) is 0 Å². The van der Waals surface area contributed by atoms with Crippen molar-refractivity contribution in [2.24, 2.45) is 21.1 Å². The number of rotatable bonds is 6. The zero-order chi connectivity index (χ0) is 83.1. The first-order chi connectivity index (χ1) is 61.6. The summed E-state index contributed by atoms with van der Waals surface area (Å²) >= 11 is 0. The number of nitrogens with zero attached hydrogens (tertiary/aromatic N) is 3. The smallest absolute Gasteiger partial charge is 0.180 e. The molecule has 2 aliphatic rings. The van der Waals surface area contributed by atoms with Gasteiger partial charge in [0.2, 0.25) is 0 Å². The normalized spacial score (nSPS) is 13.3. The third-order valence-electron chi connectivity index (χ3n) is 28.3. The Labute approximate surface area is 727 Å². The molecule has 0 N–H and O–H groups in total. The molecule has 1 atom stereocenters. The van der Waals surface area contributed by atoms with Gasteiger partial charge in [0.05, 0.1) is 16.6 Å². The van der Waals surface area contributed by atoms with E-state index in [1.165, 1.54) is 233 Å². The van der Waals surface area contributed by atoms with Crippen molar-refractivity contribution in [3.63, 3.8) is 0 Å². The molecule has 6 heteroatoms. The van der Waals surface area contributed by atoms with E-state index in [0.717, 1.165) is 0 Å². The summed E-state index contributed by atoms with van der Waals surface area (Å²) in [6, 6.07) is 157. The Balaban J connectivity index is 0.000000103. The Bertz CT molecular complexity index is 8830. The fraction of sp³-hybridized carbons (Fsp3) is 0.0420. The minimum atomic E-state index is -2.55. The largest absolute Gasteiger partial charge is 0.343 e. The lowest BCUT2D eigenvalue weighted by atomic mass is 9.95. The number of aryl methyl sites for hydroxylation is 3. The molecule has 25 aromatic rings. The predicted octanol–water partition coefficient (Wildman–Crippen LogP) is 28.4. The van der Waals surface area contributed by atoms with Crippen molar-refractivity contribution in [3.05, 3.63) is 419 Å². The zero-order valence-corrected chi connectivity index (χ0v) is 73.0. The molecule has 0 amide bonds. The van der Waals surface area contributed by atoms with Crippen LogP contribution in [-0.2, 0) is 21.1 Å². The molecule has 0 saturated heterocycles. The average Bonchev–Trinajstić information content (AvgIpc) is 1.53. The molecular formula is C119H84N3PSi2. The number of aromatic nitrogens is 3. The van der Waals surface area contributed by atoms with Gasteiger partial charge < -0.3 is 13.7 Å². The highest BCUT2D eigenvalue weighted by Gasteiger charge is 2.49. The number of hydrogen-bond donors (Lipinski definition) is 0. The fourth-order valence-corrected chi connectivity index (χ4v) is 33.7. The van der Waals surface area contributed by atoms with Gasteiger partial charge in [-0.1, -0.05) is 397 Å². The van der Waals surface area contributed by atoms with Crippen molar-refractivity contribution in [1.82, 2.24) is 13.7 Å². The SMILES string of the molecule is Cn1c2ccc(-c3ccc4c(c3)[Si](C)(C)c3ccccc3-4)cc2c2c3ccccc3c3ccccc3c21.Cn1c2ccc(-c3ccc4c(c3)[Si](c3ccccc3)(c3ccccc3)c3ccccc3-4)cc2c2c3ccccc3c3ccccc3c21.Cn1c2ccc(-c3ccc4c5ccccc5p(-c5ccccc5)c4c3)cc2c2c3ccccc3c3ccccc3c21. The van der Waals surface area contributed by atoms with E-state index in [4.69, 9.17) is 0 Å². The second-order valence-electron chi connectivity index (χ2n) is 35.0. The minimum absolute atomic E-state index is 0.585. The summed E-state index contributed by atoms with van der Waals surface area (Å²) < 4.78 is 7.17. The van der Waals surface area contributed by atoms with Crippen LogP contribution < -0.4 is 31.1 Å². The van der Waals surface area contributed by atoms with E-state index in [2.05, 4.69) is 467 Å².